The maximum absolute atomic E-state index is 13.0. The fraction of sp³-hybridized carbons (Fsp3) is 0.684. The minimum atomic E-state index is -0.337. The van der Waals surface area contributed by atoms with Gasteiger partial charge in [-0.25, -0.2) is 9.97 Å². The van der Waals surface area contributed by atoms with Crippen LogP contribution in [0, 0.1) is 10.8 Å². The molecule has 2 unspecified atom stereocenters. The van der Waals surface area contributed by atoms with Gasteiger partial charge >= 0.3 is 0 Å². The average molecular weight is 358 g/mol. The molecule has 1 spiro atoms. The van der Waals surface area contributed by atoms with Gasteiger partial charge in [0.15, 0.2) is 0 Å². The molecule has 0 N–H and O–H groups in total. The summed E-state index contributed by atoms with van der Waals surface area (Å²) >= 11 is 0. The molecule has 0 aliphatic carbocycles. The van der Waals surface area contributed by atoms with E-state index in [1.807, 2.05) is 18.7 Å². The number of carbonyl (C=O) groups excluding carboxylic acids is 2. The first kappa shape index (κ1) is 17.4. The summed E-state index contributed by atoms with van der Waals surface area (Å²) in [7, 11) is 0. The lowest BCUT2D eigenvalue weighted by Gasteiger charge is -2.61. The van der Waals surface area contributed by atoms with E-state index in [1.54, 1.807) is 23.4 Å². The molecule has 3 aliphatic rings. The molecule has 4 heterocycles. The van der Waals surface area contributed by atoms with Crippen molar-refractivity contribution in [1.82, 2.24) is 19.8 Å². The molecule has 0 aromatic carbocycles. The number of rotatable bonds is 2. The van der Waals surface area contributed by atoms with Crippen molar-refractivity contribution in [2.75, 3.05) is 26.2 Å². The summed E-state index contributed by atoms with van der Waals surface area (Å²) in [6, 6.07) is 1.70. The molecule has 0 saturated carbocycles. The second kappa shape index (κ2) is 6.01. The van der Waals surface area contributed by atoms with Gasteiger partial charge in [-0.15, -0.1) is 0 Å². The van der Waals surface area contributed by atoms with Crippen LogP contribution in [-0.4, -0.2) is 70.0 Å². The van der Waals surface area contributed by atoms with Gasteiger partial charge in [0, 0.05) is 44.0 Å². The highest BCUT2D eigenvalue weighted by molar-refractivity contribution is 5.91. The van der Waals surface area contributed by atoms with Crippen LogP contribution in [0.5, 0.6) is 0 Å². The number of carbonyl (C=O) groups is 2. The third-order valence-corrected chi connectivity index (χ3v) is 5.89. The maximum Gasteiger partial charge on any atom is 0.291 e. The van der Waals surface area contributed by atoms with Crippen LogP contribution in [0.15, 0.2) is 18.5 Å². The first-order chi connectivity index (χ1) is 12.3. The topological polar surface area (TPSA) is 75.6 Å². The molecular weight excluding hydrogens is 332 g/mol. The number of likely N-dealkylation sites (tertiary alicyclic amines) is 2. The molecule has 1 aromatic heterocycles. The molecule has 0 radical (unpaired) electrons. The maximum atomic E-state index is 13.0. The summed E-state index contributed by atoms with van der Waals surface area (Å²) in [6.45, 7) is 8.99. The average Bonchev–Trinajstić information content (AvgIpc) is 2.51. The Balaban J connectivity index is 1.32. The third kappa shape index (κ3) is 2.88. The molecule has 3 fully saturated rings. The molecule has 2 amide bonds. The molecular formula is C19H26N4O3. The Morgan fingerprint density at radius 3 is 2.15 bits per heavy atom. The smallest absolute Gasteiger partial charge is 0.291 e. The van der Waals surface area contributed by atoms with Crippen molar-refractivity contribution in [2.24, 2.45) is 10.8 Å². The van der Waals surface area contributed by atoms with Gasteiger partial charge in [0.2, 0.25) is 11.7 Å². The second-order valence-corrected chi connectivity index (χ2v) is 8.62. The minimum Gasteiger partial charge on any atom is -0.375 e. The zero-order chi connectivity index (χ0) is 18.5. The van der Waals surface area contributed by atoms with Crippen molar-refractivity contribution in [3.63, 3.8) is 0 Å². The lowest BCUT2D eigenvalue weighted by molar-refractivity contribution is -0.175. The summed E-state index contributed by atoms with van der Waals surface area (Å²) in [4.78, 5) is 37.2. The van der Waals surface area contributed by atoms with Crippen LogP contribution >= 0.6 is 0 Å². The van der Waals surface area contributed by atoms with Gasteiger partial charge in [0.1, 0.15) is 0 Å². The van der Waals surface area contributed by atoms with Gasteiger partial charge in [0.25, 0.3) is 5.91 Å². The molecule has 3 aliphatic heterocycles. The van der Waals surface area contributed by atoms with E-state index < -0.39 is 0 Å². The quantitative estimate of drug-likeness (QED) is 0.798. The SMILES string of the molecule is CC1CC(C)(C(=O)N2CC3(CN(C(=O)c4ncccn4)C3)C2)CC(C)O1. The first-order valence-electron chi connectivity index (χ1n) is 9.31. The molecule has 7 heteroatoms. The standard InChI is InChI=1S/C19H26N4O3/c1-13-7-18(3,8-14(2)26-13)17(25)23-11-19(12-23)9-22(10-19)16(24)15-20-5-4-6-21-15/h4-6,13-14H,7-12H2,1-3H3. The largest absolute Gasteiger partial charge is 0.375 e. The van der Waals surface area contributed by atoms with E-state index >= 15 is 0 Å². The number of hydrogen-bond acceptors (Lipinski definition) is 5. The van der Waals surface area contributed by atoms with Crippen molar-refractivity contribution >= 4 is 11.8 Å². The van der Waals surface area contributed by atoms with Crippen molar-refractivity contribution < 1.29 is 14.3 Å². The Morgan fingerprint density at radius 2 is 1.58 bits per heavy atom. The Kier molecular flexibility index (Phi) is 4.02. The van der Waals surface area contributed by atoms with Gasteiger partial charge in [0.05, 0.1) is 17.6 Å². The second-order valence-electron chi connectivity index (χ2n) is 8.62. The highest BCUT2D eigenvalue weighted by Gasteiger charge is 2.57. The van der Waals surface area contributed by atoms with E-state index in [9.17, 15) is 9.59 Å². The molecule has 4 rings (SSSR count). The third-order valence-electron chi connectivity index (χ3n) is 5.89. The van der Waals surface area contributed by atoms with E-state index in [2.05, 4.69) is 16.9 Å². The summed E-state index contributed by atoms with van der Waals surface area (Å²) in [5.74, 6) is 0.355. The highest BCUT2D eigenvalue weighted by Crippen LogP contribution is 2.44. The van der Waals surface area contributed by atoms with Gasteiger partial charge in [-0.05, 0) is 32.8 Å². The number of hydrogen-bond donors (Lipinski definition) is 0. The van der Waals surface area contributed by atoms with Crippen LogP contribution in [0.2, 0.25) is 0 Å². The van der Waals surface area contributed by atoms with Gasteiger partial charge in [-0.3, -0.25) is 9.59 Å². The van der Waals surface area contributed by atoms with Crippen LogP contribution in [0.1, 0.15) is 44.2 Å². The lowest BCUT2D eigenvalue weighted by Crippen LogP contribution is -2.74. The molecule has 1 aromatic rings. The van der Waals surface area contributed by atoms with Crippen LogP contribution < -0.4 is 0 Å². The zero-order valence-corrected chi connectivity index (χ0v) is 15.6. The Bertz CT molecular complexity index is 699. The van der Waals surface area contributed by atoms with Crippen LogP contribution in [0.3, 0.4) is 0 Å². The Labute approximate surface area is 153 Å². The summed E-state index contributed by atoms with van der Waals surface area (Å²) in [5, 5.41) is 0. The number of nitrogens with zero attached hydrogens (tertiary/aromatic N) is 4. The molecule has 0 bridgehead atoms. The predicted octanol–water partition coefficient (Wildman–Crippen LogP) is 1.35. The molecule has 2 atom stereocenters. The molecule has 7 nitrogen and oxygen atoms in total. The monoisotopic (exact) mass is 358 g/mol. The van der Waals surface area contributed by atoms with Gasteiger partial charge < -0.3 is 14.5 Å². The number of ether oxygens (including phenoxy) is 1. The zero-order valence-electron chi connectivity index (χ0n) is 15.6. The van der Waals surface area contributed by atoms with E-state index in [0.29, 0.717) is 13.1 Å². The van der Waals surface area contributed by atoms with Crippen LogP contribution in [0.25, 0.3) is 0 Å². The summed E-state index contributed by atoms with van der Waals surface area (Å²) < 4.78 is 5.79. The van der Waals surface area contributed by atoms with E-state index in [1.165, 1.54) is 0 Å². The van der Waals surface area contributed by atoms with Gasteiger partial charge in [-0.1, -0.05) is 6.92 Å². The normalized spacial score (nSPS) is 32.7. The van der Waals surface area contributed by atoms with Crippen molar-refractivity contribution in [2.45, 2.75) is 45.8 Å². The molecule has 3 saturated heterocycles. The highest BCUT2D eigenvalue weighted by atomic mass is 16.5. The van der Waals surface area contributed by atoms with Crippen molar-refractivity contribution in [3.8, 4) is 0 Å². The van der Waals surface area contributed by atoms with Gasteiger partial charge in [-0.2, -0.15) is 0 Å². The van der Waals surface area contributed by atoms with E-state index in [0.717, 1.165) is 25.9 Å². The Hall–Kier alpha value is -2.02. The Morgan fingerprint density at radius 1 is 1.04 bits per heavy atom. The van der Waals surface area contributed by atoms with E-state index in [-0.39, 0.29) is 40.7 Å². The lowest BCUT2D eigenvalue weighted by atomic mass is 9.69. The summed E-state index contributed by atoms with van der Waals surface area (Å²) in [6.07, 6.45) is 4.94. The fourth-order valence-corrected chi connectivity index (χ4v) is 4.97. The van der Waals surface area contributed by atoms with Crippen molar-refractivity contribution in [1.29, 1.82) is 0 Å². The summed E-state index contributed by atoms with van der Waals surface area (Å²) in [5.41, 5.74) is -0.269. The van der Waals surface area contributed by atoms with Crippen LogP contribution in [-0.2, 0) is 9.53 Å². The van der Waals surface area contributed by atoms with E-state index in [4.69, 9.17) is 4.74 Å². The predicted molar refractivity (Wildman–Crippen MR) is 94.3 cm³/mol. The molecule has 140 valence electrons. The van der Waals surface area contributed by atoms with Crippen LogP contribution in [0.4, 0.5) is 0 Å². The number of aromatic nitrogens is 2. The fourth-order valence-electron chi connectivity index (χ4n) is 4.97. The first-order valence-corrected chi connectivity index (χ1v) is 9.31. The molecule has 26 heavy (non-hydrogen) atoms. The minimum absolute atomic E-state index is 0.0683. The van der Waals surface area contributed by atoms with Crippen molar-refractivity contribution in [3.05, 3.63) is 24.3 Å². The number of amides is 2.